The van der Waals surface area contributed by atoms with Gasteiger partial charge in [-0.3, -0.25) is 9.89 Å². The zero-order chi connectivity index (χ0) is 19.0. The molecule has 2 aromatic rings. The Morgan fingerprint density at radius 2 is 1.74 bits per heavy atom. The largest absolute Gasteiger partial charge is 0.850 e. The molecule has 1 aromatic carbocycles. The van der Waals surface area contributed by atoms with E-state index in [1.807, 2.05) is 37.3 Å². The van der Waals surface area contributed by atoms with E-state index in [-0.39, 0.29) is 5.56 Å². The van der Waals surface area contributed by atoms with Crippen molar-refractivity contribution >= 4 is 0 Å². The maximum absolute atomic E-state index is 13.1. The second-order valence-corrected chi connectivity index (χ2v) is 7.77. The number of likely N-dealkylation sites (tertiary alicyclic amines) is 1. The van der Waals surface area contributed by atoms with Crippen LogP contribution in [0, 0.1) is 0 Å². The van der Waals surface area contributed by atoms with Crippen molar-refractivity contribution in [3.8, 4) is 5.69 Å². The van der Waals surface area contributed by atoms with Gasteiger partial charge in [0, 0.05) is 11.3 Å². The summed E-state index contributed by atoms with van der Waals surface area (Å²) in [4.78, 5) is 15.2. The number of rotatable bonds is 5. The van der Waals surface area contributed by atoms with Gasteiger partial charge in [0.25, 0.3) is 5.56 Å². The highest BCUT2D eigenvalue weighted by Crippen LogP contribution is 2.38. The molecule has 2 aliphatic rings. The second kappa shape index (κ2) is 7.62. The number of nitrogens with one attached hydrogen (secondary N) is 1. The quantitative estimate of drug-likeness (QED) is 0.833. The first-order chi connectivity index (χ1) is 13.1. The second-order valence-electron chi connectivity index (χ2n) is 7.77. The van der Waals surface area contributed by atoms with Gasteiger partial charge in [-0.1, -0.05) is 38.0 Å². The average Bonchev–Trinajstić information content (AvgIpc) is 3.00. The molecule has 1 saturated carbocycles. The van der Waals surface area contributed by atoms with Crippen LogP contribution in [0.2, 0.25) is 0 Å². The Morgan fingerprint density at radius 1 is 1.07 bits per heavy atom. The normalized spacial score (nSPS) is 28.9. The molecule has 2 atom stereocenters. The van der Waals surface area contributed by atoms with Crippen molar-refractivity contribution in [1.82, 2.24) is 14.7 Å². The maximum Gasteiger partial charge on any atom is 0.274 e. The summed E-state index contributed by atoms with van der Waals surface area (Å²) in [5.74, 6) is -0.743. The van der Waals surface area contributed by atoms with Crippen LogP contribution in [0.4, 0.5) is 0 Å². The molecule has 2 unspecified atom stereocenters. The van der Waals surface area contributed by atoms with Crippen molar-refractivity contribution in [3.05, 3.63) is 51.9 Å². The molecule has 27 heavy (non-hydrogen) atoms. The molecular formula is C21H27N3O3-2. The van der Waals surface area contributed by atoms with Crippen molar-refractivity contribution in [2.24, 2.45) is 0 Å². The van der Waals surface area contributed by atoms with Crippen molar-refractivity contribution in [3.63, 3.8) is 0 Å². The van der Waals surface area contributed by atoms with E-state index in [4.69, 9.17) is 0 Å². The van der Waals surface area contributed by atoms with Crippen molar-refractivity contribution in [2.75, 3.05) is 13.1 Å². The van der Waals surface area contributed by atoms with Crippen LogP contribution < -0.4 is 15.8 Å². The van der Waals surface area contributed by atoms with Crippen LogP contribution >= 0.6 is 0 Å². The van der Waals surface area contributed by atoms with E-state index in [1.54, 1.807) is 0 Å². The fourth-order valence-electron chi connectivity index (χ4n) is 4.65. The molecule has 1 aliphatic carbocycles. The van der Waals surface area contributed by atoms with Gasteiger partial charge < -0.3 is 15.1 Å². The van der Waals surface area contributed by atoms with E-state index in [9.17, 15) is 15.0 Å². The number of para-hydroxylation sites is 1. The van der Waals surface area contributed by atoms with Crippen LogP contribution in [-0.4, -0.2) is 46.0 Å². The lowest BCUT2D eigenvalue weighted by Gasteiger charge is -2.64. The molecule has 1 aromatic heterocycles. The number of piperidine rings is 1. The van der Waals surface area contributed by atoms with Crippen molar-refractivity contribution < 1.29 is 10.2 Å². The lowest BCUT2D eigenvalue weighted by Crippen LogP contribution is -2.75. The van der Waals surface area contributed by atoms with E-state index in [0.717, 1.165) is 43.7 Å². The summed E-state index contributed by atoms with van der Waals surface area (Å²) in [6, 6.07) is 8.83. The summed E-state index contributed by atoms with van der Waals surface area (Å²) < 4.78 is 1.48. The van der Waals surface area contributed by atoms with Crippen LogP contribution in [0.1, 0.15) is 49.8 Å². The minimum absolute atomic E-state index is 0.242. The van der Waals surface area contributed by atoms with Crippen LogP contribution in [-0.2, 0) is 6.42 Å². The monoisotopic (exact) mass is 369 g/mol. The zero-order valence-corrected chi connectivity index (χ0v) is 15.8. The van der Waals surface area contributed by atoms with Gasteiger partial charge in [-0.25, -0.2) is 4.68 Å². The lowest BCUT2D eigenvalue weighted by atomic mass is 9.68. The number of hydrogen-bond donors (Lipinski definition) is 1. The number of H-pyrrole nitrogens is 1. The summed E-state index contributed by atoms with van der Waals surface area (Å²) in [7, 11) is 0. The Bertz CT molecular complexity index is 813. The number of aryl methyl sites for hydroxylation is 1. The molecule has 2 heterocycles. The Hall–Kier alpha value is -1.89. The minimum Gasteiger partial charge on any atom is -0.850 e. The summed E-state index contributed by atoms with van der Waals surface area (Å²) in [5, 5.41) is 29.2. The van der Waals surface area contributed by atoms with E-state index in [0.29, 0.717) is 12.0 Å². The molecule has 0 bridgehead atoms. The lowest BCUT2D eigenvalue weighted by molar-refractivity contribution is -0.545. The first-order valence-electron chi connectivity index (χ1n) is 10.1. The smallest absolute Gasteiger partial charge is 0.274 e. The molecule has 1 N–H and O–H groups in total. The van der Waals surface area contributed by atoms with Gasteiger partial charge in [-0.15, -0.1) is 12.2 Å². The van der Waals surface area contributed by atoms with Gasteiger partial charge in [0.15, 0.2) is 0 Å². The SMILES string of the molecule is CCCc1[nH]n(-c2ccccc2)c(=O)c1C1C([O-])C(N2CCCCC2)C1[O-]. The van der Waals surface area contributed by atoms with E-state index >= 15 is 0 Å². The van der Waals surface area contributed by atoms with Crippen LogP contribution in [0.25, 0.3) is 5.69 Å². The Balaban J connectivity index is 1.67. The number of aromatic nitrogens is 2. The van der Waals surface area contributed by atoms with Gasteiger partial charge in [0.1, 0.15) is 0 Å². The van der Waals surface area contributed by atoms with Gasteiger partial charge in [0.2, 0.25) is 0 Å². The minimum atomic E-state index is -1.02. The molecule has 0 spiro atoms. The average molecular weight is 369 g/mol. The highest BCUT2D eigenvalue weighted by atomic mass is 16.3. The Morgan fingerprint density at radius 3 is 2.37 bits per heavy atom. The third-order valence-electron chi connectivity index (χ3n) is 6.05. The van der Waals surface area contributed by atoms with Crippen molar-refractivity contribution in [2.45, 2.75) is 63.2 Å². The molecule has 6 heteroatoms. The molecule has 2 fully saturated rings. The summed E-state index contributed by atoms with van der Waals surface area (Å²) in [6.07, 6.45) is 2.73. The standard InChI is InChI=1S/C21H27N3O3/c1-2-9-15-16(21(27)24(22-15)14-10-5-3-6-11-14)17-19(25)18(20(17)26)23-12-7-4-8-13-23/h3,5-6,10-11,17-20,22H,2,4,7-9,12-13H2,1H3/q-2. The third-order valence-corrected chi connectivity index (χ3v) is 6.05. The molecule has 1 aliphatic heterocycles. The van der Waals surface area contributed by atoms with Gasteiger partial charge in [-0.2, -0.15) is 0 Å². The molecule has 0 radical (unpaired) electrons. The number of aromatic amines is 1. The molecular weight excluding hydrogens is 342 g/mol. The summed E-state index contributed by atoms with van der Waals surface area (Å²) in [5.41, 5.74) is 1.65. The Kier molecular flexibility index (Phi) is 5.21. The van der Waals surface area contributed by atoms with E-state index in [2.05, 4.69) is 10.00 Å². The summed E-state index contributed by atoms with van der Waals surface area (Å²) in [6.45, 7) is 3.69. The topological polar surface area (TPSA) is 87.1 Å². The molecule has 6 nitrogen and oxygen atoms in total. The van der Waals surface area contributed by atoms with E-state index < -0.39 is 24.2 Å². The third kappa shape index (κ3) is 3.16. The highest BCUT2D eigenvalue weighted by Gasteiger charge is 2.43. The van der Waals surface area contributed by atoms with Crippen LogP contribution in [0.3, 0.4) is 0 Å². The number of benzene rings is 1. The molecule has 4 rings (SSSR count). The number of hydrogen-bond acceptors (Lipinski definition) is 4. The van der Waals surface area contributed by atoms with Gasteiger partial charge >= 0.3 is 0 Å². The fraction of sp³-hybridized carbons (Fsp3) is 0.571. The predicted molar refractivity (Wildman–Crippen MR) is 99.9 cm³/mol. The first-order valence-corrected chi connectivity index (χ1v) is 10.1. The first kappa shape index (κ1) is 18.5. The van der Waals surface area contributed by atoms with E-state index in [1.165, 1.54) is 11.1 Å². The summed E-state index contributed by atoms with van der Waals surface area (Å²) >= 11 is 0. The molecule has 146 valence electrons. The Labute approximate surface area is 159 Å². The zero-order valence-electron chi connectivity index (χ0n) is 15.8. The highest BCUT2D eigenvalue weighted by molar-refractivity contribution is 5.37. The van der Waals surface area contributed by atoms with Crippen LogP contribution in [0.15, 0.2) is 35.1 Å². The predicted octanol–water partition coefficient (Wildman–Crippen LogP) is 0.528. The van der Waals surface area contributed by atoms with Gasteiger partial charge in [0.05, 0.1) is 5.69 Å². The molecule has 0 amide bonds. The van der Waals surface area contributed by atoms with Gasteiger partial charge in [-0.05, 0) is 56.4 Å². The number of nitrogens with zero attached hydrogens (tertiary/aromatic N) is 2. The van der Waals surface area contributed by atoms with Crippen LogP contribution in [0.5, 0.6) is 0 Å². The maximum atomic E-state index is 13.1. The molecule has 1 saturated heterocycles. The van der Waals surface area contributed by atoms with Crippen molar-refractivity contribution in [1.29, 1.82) is 0 Å². The fourth-order valence-corrected chi connectivity index (χ4v) is 4.65.